The number of carboxylic acids is 1. The summed E-state index contributed by atoms with van der Waals surface area (Å²) in [6.45, 7) is 3.62. The van der Waals surface area contributed by atoms with Gasteiger partial charge >= 0.3 is 23.9 Å². The van der Waals surface area contributed by atoms with Gasteiger partial charge in [-0.2, -0.15) is 0 Å². The molecule has 0 radical (unpaired) electrons. The summed E-state index contributed by atoms with van der Waals surface area (Å²) < 4.78 is 26.5. The molecular weight excluding hydrogens is 408 g/mol. The van der Waals surface area contributed by atoms with Crippen LogP contribution in [0.1, 0.15) is 27.7 Å². The molecule has 30 heavy (non-hydrogen) atoms. The minimum Gasteiger partial charge on any atom is -0.480 e. The lowest BCUT2D eigenvalue weighted by Gasteiger charge is -2.45. The van der Waals surface area contributed by atoms with E-state index in [-0.39, 0.29) is 0 Å². The number of carbonyl (C=O) groups excluding carboxylic acids is 4. The lowest BCUT2D eigenvalue weighted by molar-refractivity contribution is -0.278. The third kappa shape index (κ3) is 7.93. The van der Waals surface area contributed by atoms with Crippen molar-refractivity contribution >= 4 is 29.8 Å². The molecule has 0 bridgehead atoms. The van der Waals surface area contributed by atoms with Crippen LogP contribution in [0.2, 0.25) is 0 Å². The van der Waals surface area contributed by atoms with E-state index in [1.54, 1.807) is 0 Å². The molecule has 1 unspecified atom stereocenters. The number of ether oxygens (including phenoxy) is 5. The summed E-state index contributed by atoms with van der Waals surface area (Å²) in [4.78, 5) is 57.1. The summed E-state index contributed by atoms with van der Waals surface area (Å²) in [5, 5.41) is 11.4. The third-order valence-corrected chi connectivity index (χ3v) is 3.83. The van der Waals surface area contributed by atoms with Gasteiger partial charge < -0.3 is 39.8 Å². The van der Waals surface area contributed by atoms with Gasteiger partial charge in [0.1, 0.15) is 24.8 Å². The molecule has 1 amide bonds. The van der Waals surface area contributed by atoms with Crippen LogP contribution in [0.5, 0.6) is 0 Å². The van der Waals surface area contributed by atoms with Crippen molar-refractivity contribution < 1.29 is 52.8 Å². The van der Waals surface area contributed by atoms with E-state index >= 15 is 0 Å². The largest absolute Gasteiger partial charge is 0.480 e. The Morgan fingerprint density at radius 2 is 1.57 bits per heavy atom. The molecule has 0 aromatic rings. The topological polar surface area (TPSA) is 190 Å². The highest BCUT2D eigenvalue weighted by molar-refractivity contribution is 5.74. The lowest BCUT2D eigenvalue weighted by Crippen LogP contribution is -2.66. The van der Waals surface area contributed by atoms with E-state index in [1.165, 1.54) is 6.92 Å². The number of carbonyl (C=O) groups is 5. The highest BCUT2D eigenvalue weighted by Crippen LogP contribution is 2.28. The van der Waals surface area contributed by atoms with E-state index in [0.29, 0.717) is 0 Å². The fourth-order valence-electron chi connectivity index (χ4n) is 2.70. The summed E-state index contributed by atoms with van der Waals surface area (Å²) in [5.41, 5.74) is 5.43. The normalized spacial score (nSPS) is 26.8. The SMILES string of the molecule is CC(=O)N[C@H]1[C@H](OCC(N)C(=O)O)O[C@H](COC(C)=O)[C@@H](OC(C)=O)[C@@H]1OC(C)=O. The van der Waals surface area contributed by atoms with Crippen LogP contribution in [0.15, 0.2) is 0 Å². The molecule has 13 heteroatoms. The van der Waals surface area contributed by atoms with E-state index in [1.807, 2.05) is 0 Å². The Bertz CT molecular complexity index is 668. The molecule has 1 fully saturated rings. The van der Waals surface area contributed by atoms with Gasteiger partial charge in [0, 0.05) is 27.7 Å². The summed E-state index contributed by atoms with van der Waals surface area (Å²) in [7, 11) is 0. The zero-order chi connectivity index (χ0) is 23.0. The van der Waals surface area contributed by atoms with Gasteiger partial charge in [-0.15, -0.1) is 0 Å². The molecule has 6 atom stereocenters. The van der Waals surface area contributed by atoms with Crippen molar-refractivity contribution in [2.24, 2.45) is 5.73 Å². The van der Waals surface area contributed by atoms with Crippen LogP contribution in [0, 0.1) is 0 Å². The second-order valence-corrected chi connectivity index (χ2v) is 6.50. The van der Waals surface area contributed by atoms with Gasteiger partial charge in [-0.25, -0.2) is 0 Å². The predicted octanol–water partition coefficient (Wildman–Crippen LogP) is -1.93. The Labute approximate surface area is 172 Å². The monoisotopic (exact) mass is 434 g/mol. The molecule has 0 aliphatic carbocycles. The number of amides is 1. The molecule has 1 aliphatic heterocycles. The lowest BCUT2D eigenvalue weighted by atomic mass is 9.96. The summed E-state index contributed by atoms with van der Waals surface area (Å²) in [6, 6.07) is -2.60. The average Bonchev–Trinajstić information content (AvgIpc) is 2.60. The predicted molar refractivity (Wildman–Crippen MR) is 95.6 cm³/mol. The van der Waals surface area contributed by atoms with Gasteiger partial charge in [0.15, 0.2) is 18.5 Å². The van der Waals surface area contributed by atoms with Crippen molar-refractivity contribution in [1.29, 1.82) is 0 Å². The first-order valence-electron chi connectivity index (χ1n) is 8.92. The number of rotatable bonds is 9. The first-order valence-corrected chi connectivity index (χ1v) is 8.92. The maximum absolute atomic E-state index is 11.7. The van der Waals surface area contributed by atoms with E-state index in [2.05, 4.69) is 5.32 Å². The maximum atomic E-state index is 11.7. The van der Waals surface area contributed by atoms with Crippen LogP contribution in [0.3, 0.4) is 0 Å². The number of aliphatic carboxylic acids is 1. The Kier molecular flexibility index (Phi) is 9.62. The van der Waals surface area contributed by atoms with E-state index in [9.17, 15) is 24.0 Å². The number of esters is 3. The van der Waals surface area contributed by atoms with Crippen LogP contribution < -0.4 is 11.1 Å². The van der Waals surface area contributed by atoms with Crippen molar-refractivity contribution in [3.63, 3.8) is 0 Å². The van der Waals surface area contributed by atoms with Crippen molar-refractivity contribution in [1.82, 2.24) is 5.32 Å². The molecular formula is C17H26N2O11. The molecule has 4 N–H and O–H groups in total. The first kappa shape index (κ1) is 25.3. The second kappa shape index (κ2) is 11.4. The molecule has 1 saturated heterocycles. The number of hydrogen-bond donors (Lipinski definition) is 3. The Morgan fingerprint density at radius 1 is 1.00 bits per heavy atom. The molecule has 170 valence electrons. The van der Waals surface area contributed by atoms with E-state index < -0.39 is 79.7 Å². The number of hydrogen-bond acceptors (Lipinski definition) is 11. The fourth-order valence-corrected chi connectivity index (χ4v) is 2.70. The Balaban J connectivity index is 3.27. The molecule has 0 saturated carbocycles. The van der Waals surface area contributed by atoms with E-state index in [0.717, 1.165) is 20.8 Å². The van der Waals surface area contributed by atoms with Crippen molar-refractivity contribution in [2.45, 2.75) is 64.4 Å². The zero-order valence-electron chi connectivity index (χ0n) is 17.0. The zero-order valence-corrected chi connectivity index (χ0v) is 17.0. The number of nitrogens with two attached hydrogens (primary N) is 1. The van der Waals surface area contributed by atoms with Crippen LogP contribution in [-0.2, 0) is 47.7 Å². The molecule has 0 aromatic carbocycles. The summed E-state index contributed by atoms with van der Waals surface area (Å²) in [6.07, 6.45) is -5.08. The van der Waals surface area contributed by atoms with Gasteiger partial charge in [-0.3, -0.25) is 24.0 Å². The summed E-state index contributed by atoms with van der Waals surface area (Å²) >= 11 is 0. The van der Waals surface area contributed by atoms with Gasteiger partial charge in [0.25, 0.3) is 0 Å². The summed E-state index contributed by atoms with van der Waals surface area (Å²) in [5.74, 6) is -4.06. The Hall–Kier alpha value is -2.77. The minimum absolute atomic E-state index is 0.400. The van der Waals surface area contributed by atoms with Crippen molar-refractivity contribution in [2.75, 3.05) is 13.2 Å². The van der Waals surface area contributed by atoms with E-state index in [4.69, 9.17) is 34.5 Å². The third-order valence-electron chi connectivity index (χ3n) is 3.83. The Morgan fingerprint density at radius 3 is 2.03 bits per heavy atom. The molecule has 0 aromatic heterocycles. The number of nitrogens with one attached hydrogen (secondary N) is 1. The van der Waals surface area contributed by atoms with Gasteiger partial charge in [-0.05, 0) is 0 Å². The average molecular weight is 434 g/mol. The second-order valence-electron chi connectivity index (χ2n) is 6.50. The van der Waals surface area contributed by atoms with Gasteiger partial charge in [-0.1, -0.05) is 0 Å². The molecule has 13 nitrogen and oxygen atoms in total. The van der Waals surface area contributed by atoms with Crippen LogP contribution >= 0.6 is 0 Å². The minimum atomic E-state index is -1.41. The highest BCUT2D eigenvalue weighted by atomic mass is 16.7. The first-order chi connectivity index (χ1) is 13.9. The fraction of sp³-hybridized carbons (Fsp3) is 0.706. The van der Waals surface area contributed by atoms with Crippen molar-refractivity contribution in [3.05, 3.63) is 0 Å². The van der Waals surface area contributed by atoms with Gasteiger partial charge in [0.05, 0.1) is 6.61 Å². The van der Waals surface area contributed by atoms with Crippen LogP contribution in [-0.4, -0.2) is 84.8 Å². The molecule has 1 heterocycles. The van der Waals surface area contributed by atoms with Crippen LogP contribution in [0.25, 0.3) is 0 Å². The highest BCUT2D eigenvalue weighted by Gasteiger charge is 2.51. The number of carboxylic acid groups (broad SMARTS) is 1. The maximum Gasteiger partial charge on any atom is 0.322 e. The van der Waals surface area contributed by atoms with Crippen LogP contribution in [0.4, 0.5) is 0 Å². The molecule has 0 spiro atoms. The smallest absolute Gasteiger partial charge is 0.322 e. The quantitative estimate of drug-likeness (QED) is 0.269. The standard InChI is InChI=1S/C17H26N2O11/c1-7(20)19-13-15(29-10(4)23)14(28-9(3)22)12(6-26-8(2)21)30-17(13)27-5-11(18)16(24)25/h11-15,17H,5-6,18H2,1-4H3,(H,19,20)(H,24,25)/t11?,12-,13-,14-,15-,17-/m1/s1. The molecule has 1 aliphatic rings. The van der Waals surface area contributed by atoms with Gasteiger partial charge in [0.2, 0.25) is 5.91 Å². The van der Waals surface area contributed by atoms with Crippen molar-refractivity contribution in [3.8, 4) is 0 Å². The molecule has 1 rings (SSSR count).